The number of hydrogen-bond acceptors (Lipinski definition) is 8. The Morgan fingerprint density at radius 1 is 1.19 bits per heavy atom. The van der Waals surface area contributed by atoms with Gasteiger partial charge in [-0.25, -0.2) is 23.1 Å². The number of rotatable bonds is 10. The van der Waals surface area contributed by atoms with E-state index in [1.54, 1.807) is 18.1 Å². The van der Waals surface area contributed by atoms with E-state index in [-0.39, 0.29) is 35.2 Å². The molecule has 0 saturated carbocycles. The van der Waals surface area contributed by atoms with E-state index >= 15 is 0 Å². The maximum absolute atomic E-state index is 14.9. The lowest BCUT2D eigenvalue weighted by atomic mass is 9.98. The number of piperidine rings is 1. The number of hydrogen-bond donors (Lipinski definition) is 2. The zero-order valence-electron chi connectivity index (χ0n) is 21.5. The summed E-state index contributed by atoms with van der Waals surface area (Å²) in [7, 11) is 0. The first-order valence-corrected chi connectivity index (χ1v) is 14.0. The Morgan fingerprint density at radius 2 is 2.00 bits per heavy atom. The van der Waals surface area contributed by atoms with Crippen LogP contribution in [0, 0.1) is 11.8 Å². The normalized spacial score (nSPS) is 19.5. The Hall–Kier alpha value is -2.37. The van der Waals surface area contributed by atoms with E-state index in [2.05, 4.69) is 36.8 Å². The highest BCUT2D eigenvalue weighted by Crippen LogP contribution is 2.38. The summed E-state index contributed by atoms with van der Waals surface area (Å²) in [6.07, 6.45) is 7.50. The molecule has 2 N–H and O–H groups in total. The standard InChI is InChI=1S/C26H36F2N6O2S/c1-3-26(27,28)21-14-31-23(33-25(35)19-6-5-9-34(17-19)37-4-2)12-20(21)22-15-29-16-24(32-22)30-13-18-7-10-36-11-8-18/h12,14-16,18-19H,3-11,13,17H2,1-2H3,(H,30,32)(H,31,33,35). The maximum atomic E-state index is 14.9. The molecule has 4 heterocycles. The molecule has 2 aliphatic rings. The van der Waals surface area contributed by atoms with Crippen molar-refractivity contribution in [3.05, 3.63) is 30.2 Å². The molecule has 0 bridgehead atoms. The summed E-state index contributed by atoms with van der Waals surface area (Å²) < 4.78 is 37.5. The summed E-state index contributed by atoms with van der Waals surface area (Å²) in [5.74, 6) is -1.24. The number of amides is 1. The predicted molar refractivity (Wildman–Crippen MR) is 143 cm³/mol. The highest BCUT2D eigenvalue weighted by molar-refractivity contribution is 7.96. The van der Waals surface area contributed by atoms with E-state index in [4.69, 9.17) is 4.74 Å². The molecule has 0 spiro atoms. The molecule has 2 saturated heterocycles. The largest absolute Gasteiger partial charge is 0.381 e. The van der Waals surface area contributed by atoms with Crippen LogP contribution in [0.1, 0.15) is 51.5 Å². The quantitative estimate of drug-likeness (QED) is 0.402. The van der Waals surface area contributed by atoms with Gasteiger partial charge >= 0.3 is 0 Å². The van der Waals surface area contributed by atoms with Crippen molar-refractivity contribution >= 4 is 29.5 Å². The molecular weight excluding hydrogens is 498 g/mol. The Balaban J connectivity index is 1.55. The topological polar surface area (TPSA) is 92.3 Å². The molecule has 2 aliphatic heterocycles. The predicted octanol–water partition coefficient (Wildman–Crippen LogP) is 5.20. The van der Waals surface area contributed by atoms with Crippen LogP contribution in [0.5, 0.6) is 0 Å². The molecule has 8 nitrogen and oxygen atoms in total. The fourth-order valence-electron chi connectivity index (χ4n) is 4.68. The second-order valence-electron chi connectivity index (χ2n) is 9.53. The van der Waals surface area contributed by atoms with Gasteiger partial charge in [-0.15, -0.1) is 0 Å². The smallest absolute Gasteiger partial charge is 0.275 e. The lowest BCUT2D eigenvalue weighted by molar-refractivity contribution is -0.120. The van der Waals surface area contributed by atoms with E-state index in [0.29, 0.717) is 30.5 Å². The number of halogens is 2. The Morgan fingerprint density at radius 3 is 2.76 bits per heavy atom. The Bertz CT molecular complexity index is 1050. The van der Waals surface area contributed by atoms with Crippen LogP contribution in [0.3, 0.4) is 0 Å². The van der Waals surface area contributed by atoms with Crippen LogP contribution in [0.4, 0.5) is 20.4 Å². The van der Waals surface area contributed by atoms with Gasteiger partial charge in [-0.3, -0.25) is 9.78 Å². The second kappa shape index (κ2) is 12.9. The van der Waals surface area contributed by atoms with Crippen LogP contribution in [-0.2, 0) is 15.5 Å². The van der Waals surface area contributed by atoms with Gasteiger partial charge in [0.25, 0.3) is 5.92 Å². The summed E-state index contributed by atoms with van der Waals surface area (Å²) in [4.78, 5) is 26.0. The van der Waals surface area contributed by atoms with Gasteiger partial charge in [-0.2, -0.15) is 0 Å². The van der Waals surface area contributed by atoms with E-state index < -0.39 is 5.92 Å². The van der Waals surface area contributed by atoms with E-state index in [9.17, 15) is 13.6 Å². The van der Waals surface area contributed by atoms with Crippen LogP contribution >= 0.6 is 11.9 Å². The summed E-state index contributed by atoms with van der Waals surface area (Å²) >= 11 is 1.73. The first-order chi connectivity index (χ1) is 17.9. The molecule has 1 unspecified atom stereocenters. The molecule has 11 heteroatoms. The molecule has 1 amide bonds. The van der Waals surface area contributed by atoms with Crippen molar-refractivity contribution in [1.82, 2.24) is 19.3 Å². The number of carbonyl (C=O) groups is 1. The van der Waals surface area contributed by atoms with Gasteiger partial charge in [0.15, 0.2) is 0 Å². The molecule has 2 fully saturated rings. The van der Waals surface area contributed by atoms with E-state index in [0.717, 1.165) is 57.4 Å². The van der Waals surface area contributed by atoms with Crippen molar-refractivity contribution in [2.45, 2.75) is 51.9 Å². The highest BCUT2D eigenvalue weighted by Gasteiger charge is 2.34. The van der Waals surface area contributed by atoms with Crippen LogP contribution in [0.2, 0.25) is 0 Å². The van der Waals surface area contributed by atoms with Gasteiger partial charge in [-0.05, 0) is 37.7 Å². The molecular formula is C26H36F2N6O2S. The third-order valence-corrected chi connectivity index (χ3v) is 7.84. The fourth-order valence-corrected chi connectivity index (χ4v) is 5.59. The lowest BCUT2D eigenvalue weighted by Gasteiger charge is -2.30. The first-order valence-electron chi connectivity index (χ1n) is 13.1. The van der Waals surface area contributed by atoms with Crippen molar-refractivity contribution in [2.75, 3.05) is 49.2 Å². The second-order valence-corrected chi connectivity index (χ2v) is 10.9. The zero-order chi connectivity index (χ0) is 26.3. The summed E-state index contributed by atoms with van der Waals surface area (Å²) in [5.41, 5.74) is 0.291. The number of carbonyl (C=O) groups excluding carboxylic acids is 1. The van der Waals surface area contributed by atoms with Crippen LogP contribution < -0.4 is 10.6 Å². The average Bonchev–Trinajstić information content (AvgIpc) is 2.93. The number of anilines is 2. The zero-order valence-corrected chi connectivity index (χ0v) is 22.3. The van der Waals surface area contributed by atoms with Crippen molar-refractivity contribution in [1.29, 1.82) is 0 Å². The fraction of sp³-hybridized carbons (Fsp3) is 0.615. The minimum absolute atomic E-state index is 0.146. The number of nitrogens with one attached hydrogen (secondary N) is 2. The Labute approximate surface area is 221 Å². The number of alkyl halides is 2. The number of ether oxygens (including phenoxy) is 1. The van der Waals surface area contributed by atoms with Crippen LogP contribution in [-0.4, -0.2) is 63.8 Å². The first kappa shape index (κ1) is 27.7. The minimum atomic E-state index is -3.10. The highest BCUT2D eigenvalue weighted by atomic mass is 32.2. The van der Waals surface area contributed by atoms with E-state index in [1.165, 1.54) is 19.2 Å². The van der Waals surface area contributed by atoms with Crippen LogP contribution in [0.15, 0.2) is 24.7 Å². The molecule has 2 aromatic heterocycles. The van der Waals surface area contributed by atoms with Gasteiger partial charge in [0.1, 0.15) is 11.6 Å². The van der Waals surface area contributed by atoms with Crippen molar-refractivity contribution < 1.29 is 18.3 Å². The van der Waals surface area contributed by atoms with Gasteiger partial charge < -0.3 is 15.4 Å². The average molecular weight is 535 g/mol. The molecule has 202 valence electrons. The maximum Gasteiger partial charge on any atom is 0.275 e. The van der Waals surface area contributed by atoms with Crippen molar-refractivity contribution in [3.8, 4) is 11.3 Å². The van der Waals surface area contributed by atoms with Gasteiger partial charge in [-0.1, -0.05) is 25.8 Å². The molecule has 2 aromatic rings. The number of aromatic nitrogens is 3. The number of pyridine rings is 1. The summed E-state index contributed by atoms with van der Waals surface area (Å²) in [5, 5.41) is 6.15. The summed E-state index contributed by atoms with van der Waals surface area (Å²) in [6, 6.07) is 1.49. The van der Waals surface area contributed by atoms with Crippen molar-refractivity contribution in [2.24, 2.45) is 11.8 Å². The molecule has 1 atom stereocenters. The number of nitrogens with zero attached hydrogens (tertiary/aromatic N) is 4. The minimum Gasteiger partial charge on any atom is -0.381 e. The van der Waals surface area contributed by atoms with Gasteiger partial charge in [0, 0.05) is 62.3 Å². The third-order valence-electron chi connectivity index (χ3n) is 6.88. The van der Waals surface area contributed by atoms with Crippen LogP contribution in [0.25, 0.3) is 11.3 Å². The monoisotopic (exact) mass is 534 g/mol. The Kier molecular flexibility index (Phi) is 9.66. The van der Waals surface area contributed by atoms with Gasteiger partial charge in [0.05, 0.1) is 24.0 Å². The van der Waals surface area contributed by atoms with Crippen molar-refractivity contribution in [3.63, 3.8) is 0 Å². The molecule has 4 rings (SSSR count). The summed E-state index contributed by atoms with van der Waals surface area (Å²) in [6.45, 7) is 7.35. The SMILES string of the molecule is CCSN1CCCC(C(=O)Nc2cc(-c3cncc(NCC4CCOCC4)n3)c(C(F)(F)CC)cn2)C1. The molecule has 37 heavy (non-hydrogen) atoms. The molecule has 0 aromatic carbocycles. The van der Waals surface area contributed by atoms with Gasteiger partial charge in [0.2, 0.25) is 5.91 Å². The third kappa shape index (κ3) is 7.36. The molecule has 0 aliphatic carbocycles. The van der Waals surface area contributed by atoms with E-state index in [1.807, 2.05) is 0 Å². The molecule has 0 radical (unpaired) electrons. The lowest BCUT2D eigenvalue weighted by Crippen LogP contribution is -2.37.